The Balaban J connectivity index is 1.49. The highest BCUT2D eigenvalue weighted by Crippen LogP contribution is 2.41. The van der Waals surface area contributed by atoms with Crippen molar-refractivity contribution in [2.75, 3.05) is 16.3 Å². The maximum atomic E-state index is 13.2. The first-order valence-corrected chi connectivity index (χ1v) is 11.0. The fourth-order valence-electron chi connectivity index (χ4n) is 4.95. The topological polar surface area (TPSA) is 78.7 Å². The first kappa shape index (κ1) is 19.2. The predicted molar refractivity (Wildman–Crippen MR) is 115 cm³/mol. The molecule has 1 aromatic heterocycles. The molecule has 2 aromatic rings. The fourth-order valence-corrected chi connectivity index (χ4v) is 4.95. The van der Waals surface area contributed by atoms with Crippen LogP contribution in [-0.4, -0.2) is 39.5 Å². The number of nitrogens with zero attached hydrogens (tertiary/aromatic N) is 4. The summed E-state index contributed by atoms with van der Waals surface area (Å²) in [7, 11) is 0. The van der Waals surface area contributed by atoms with E-state index in [9.17, 15) is 14.7 Å². The van der Waals surface area contributed by atoms with E-state index in [0.717, 1.165) is 36.8 Å². The molecule has 1 N–H and O–H groups in total. The molecular weight excluding hydrogens is 380 g/mol. The second-order valence-corrected chi connectivity index (χ2v) is 9.00. The number of hydrogen-bond acceptors (Lipinski definition) is 3. The molecule has 0 bridgehead atoms. The minimum atomic E-state index is -0.989. The van der Waals surface area contributed by atoms with E-state index in [2.05, 4.69) is 5.10 Å². The molecule has 7 heteroatoms. The summed E-state index contributed by atoms with van der Waals surface area (Å²) in [6.45, 7) is 2.21. The maximum absolute atomic E-state index is 13.2. The van der Waals surface area contributed by atoms with Gasteiger partial charge in [0.05, 0.1) is 29.7 Å². The molecule has 1 aliphatic heterocycles. The van der Waals surface area contributed by atoms with Gasteiger partial charge in [-0.25, -0.2) is 4.79 Å². The summed E-state index contributed by atoms with van der Waals surface area (Å²) in [4.78, 5) is 28.4. The number of fused-ring (bicyclic) bond motifs is 1. The van der Waals surface area contributed by atoms with Gasteiger partial charge < -0.3 is 10.0 Å². The molecule has 2 fully saturated rings. The molecule has 0 spiro atoms. The molecule has 2 heterocycles. The average molecular weight is 409 g/mol. The van der Waals surface area contributed by atoms with Gasteiger partial charge in [-0.1, -0.05) is 18.9 Å². The van der Waals surface area contributed by atoms with Crippen LogP contribution in [0.3, 0.4) is 0 Å². The van der Waals surface area contributed by atoms with Gasteiger partial charge in [0.15, 0.2) is 0 Å². The van der Waals surface area contributed by atoms with Crippen LogP contribution in [0.25, 0.3) is 11.1 Å². The zero-order valence-electron chi connectivity index (χ0n) is 17.3. The fraction of sp³-hybridized carbons (Fsp3) is 0.522. The van der Waals surface area contributed by atoms with Gasteiger partial charge in [-0.3, -0.25) is 14.4 Å². The largest absolute Gasteiger partial charge is 0.465 e. The minimum Gasteiger partial charge on any atom is -0.465 e. The van der Waals surface area contributed by atoms with E-state index in [-0.39, 0.29) is 18.5 Å². The Morgan fingerprint density at radius 2 is 1.87 bits per heavy atom. The second-order valence-electron chi connectivity index (χ2n) is 9.00. The molecule has 3 aliphatic rings. The summed E-state index contributed by atoms with van der Waals surface area (Å²) in [5, 5.41) is 14.3. The van der Waals surface area contributed by atoms with Crippen LogP contribution in [-0.2, 0) is 4.79 Å². The average Bonchev–Trinajstić information content (AvgIpc) is 3.23. The van der Waals surface area contributed by atoms with Crippen molar-refractivity contribution >= 4 is 23.4 Å². The van der Waals surface area contributed by atoms with E-state index in [1.165, 1.54) is 17.7 Å². The quantitative estimate of drug-likeness (QED) is 0.796. The van der Waals surface area contributed by atoms with Crippen molar-refractivity contribution in [3.8, 4) is 11.1 Å². The molecule has 2 amide bonds. The Kier molecular flexibility index (Phi) is 4.76. The van der Waals surface area contributed by atoms with Crippen LogP contribution in [0.2, 0.25) is 0 Å². The third kappa shape index (κ3) is 3.46. The van der Waals surface area contributed by atoms with Crippen molar-refractivity contribution < 1.29 is 14.7 Å². The number of amides is 2. The standard InChI is InChI=1S/C23H28N4O3/c1-15-13-25(23(29)30)21-11-17(18-12-24-26(14-18)19-7-8-19)6-9-20(21)27(15)22(28)10-16-4-2-3-5-16/h6,9,11-12,14-16,19H,2-5,7-8,10,13H2,1H3,(H,29,30)/t15-/m0/s1. The van der Waals surface area contributed by atoms with E-state index in [1.54, 1.807) is 0 Å². The zero-order chi connectivity index (χ0) is 20.8. The number of carbonyl (C=O) groups excluding carboxylic acids is 1. The number of rotatable bonds is 4. The van der Waals surface area contributed by atoms with Gasteiger partial charge in [0.25, 0.3) is 0 Å². The molecule has 2 saturated carbocycles. The number of hydrogen-bond donors (Lipinski definition) is 1. The molecule has 30 heavy (non-hydrogen) atoms. The predicted octanol–water partition coefficient (Wildman–Crippen LogP) is 4.68. The van der Waals surface area contributed by atoms with E-state index in [1.807, 2.05) is 47.1 Å². The van der Waals surface area contributed by atoms with E-state index in [4.69, 9.17) is 0 Å². The van der Waals surface area contributed by atoms with Gasteiger partial charge in [0, 0.05) is 24.7 Å². The van der Waals surface area contributed by atoms with Crippen molar-refractivity contribution in [1.82, 2.24) is 9.78 Å². The smallest absolute Gasteiger partial charge is 0.411 e. The molecule has 7 nitrogen and oxygen atoms in total. The molecule has 0 saturated heterocycles. The molecular formula is C23H28N4O3. The van der Waals surface area contributed by atoms with E-state index >= 15 is 0 Å². The molecule has 5 rings (SSSR count). The lowest BCUT2D eigenvalue weighted by molar-refractivity contribution is -0.119. The molecule has 1 atom stereocenters. The van der Waals surface area contributed by atoms with Crippen LogP contribution in [0.1, 0.15) is 57.9 Å². The van der Waals surface area contributed by atoms with Crippen molar-refractivity contribution in [1.29, 1.82) is 0 Å². The Morgan fingerprint density at radius 1 is 1.10 bits per heavy atom. The Morgan fingerprint density at radius 3 is 2.57 bits per heavy atom. The lowest BCUT2D eigenvalue weighted by Crippen LogP contribution is -2.52. The first-order chi connectivity index (χ1) is 14.5. The number of carbonyl (C=O) groups is 2. The van der Waals surface area contributed by atoms with Crippen molar-refractivity contribution in [2.45, 2.75) is 64.0 Å². The molecule has 0 unspecified atom stereocenters. The normalized spacial score (nSPS) is 21.7. The Hall–Kier alpha value is -2.83. The summed E-state index contributed by atoms with van der Waals surface area (Å²) in [6.07, 6.45) is 10.4. The monoisotopic (exact) mass is 408 g/mol. The van der Waals surface area contributed by atoms with E-state index in [0.29, 0.717) is 29.8 Å². The zero-order valence-corrected chi connectivity index (χ0v) is 17.3. The van der Waals surface area contributed by atoms with Gasteiger partial charge in [-0.2, -0.15) is 5.10 Å². The van der Waals surface area contributed by atoms with Crippen molar-refractivity contribution in [3.63, 3.8) is 0 Å². The second kappa shape index (κ2) is 7.45. The van der Waals surface area contributed by atoms with Crippen molar-refractivity contribution in [2.24, 2.45) is 5.92 Å². The minimum absolute atomic E-state index is 0.106. The van der Waals surface area contributed by atoms with E-state index < -0.39 is 6.09 Å². The maximum Gasteiger partial charge on any atom is 0.411 e. The highest BCUT2D eigenvalue weighted by Gasteiger charge is 2.36. The summed E-state index contributed by atoms with van der Waals surface area (Å²) >= 11 is 0. The molecule has 0 radical (unpaired) electrons. The highest BCUT2D eigenvalue weighted by atomic mass is 16.4. The Labute approximate surface area is 176 Å². The van der Waals surface area contributed by atoms with Gasteiger partial charge in [0.1, 0.15) is 0 Å². The summed E-state index contributed by atoms with van der Waals surface area (Å²) < 4.78 is 1.99. The lowest BCUT2D eigenvalue weighted by atomic mass is 9.99. The van der Waals surface area contributed by atoms with Crippen LogP contribution in [0.5, 0.6) is 0 Å². The summed E-state index contributed by atoms with van der Waals surface area (Å²) in [6, 6.07) is 6.07. The lowest BCUT2D eigenvalue weighted by Gasteiger charge is -2.40. The van der Waals surface area contributed by atoms with Gasteiger partial charge in [0.2, 0.25) is 5.91 Å². The number of benzene rings is 1. The van der Waals surface area contributed by atoms with Gasteiger partial charge >= 0.3 is 6.09 Å². The van der Waals surface area contributed by atoms with Crippen LogP contribution >= 0.6 is 0 Å². The number of carboxylic acid groups (broad SMARTS) is 1. The molecule has 1 aromatic carbocycles. The Bertz CT molecular complexity index is 975. The SMILES string of the molecule is C[C@H]1CN(C(=O)O)c2cc(-c3cnn(C4CC4)c3)ccc2N1C(=O)CC1CCCC1. The van der Waals surface area contributed by atoms with Gasteiger partial charge in [-0.15, -0.1) is 0 Å². The summed E-state index contributed by atoms with van der Waals surface area (Å²) in [5.41, 5.74) is 3.16. The third-order valence-corrected chi connectivity index (χ3v) is 6.71. The van der Waals surface area contributed by atoms with Crippen LogP contribution in [0, 0.1) is 5.92 Å². The third-order valence-electron chi connectivity index (χ3n) is 6.71. The van der Waals surface area contributed by atoms with Crippen LogP contribution in [0.15, 0.2) is 30.6 Å². The summed E-state index contributed by atoms with van der Waals surface area (Å²) in [5.74, 6) is 0.563. The first-order valence-electron chi connectivity index (χ1n) is 11.0. The van der Waals surface area contributed by atoms with Gasteiger partial charge in [-0.05, 0) is 56.2 Å². The van der Waals surface area contributed by atoms with Crippen molar-refractivity contribution in [3.05, 3.63) is 30.6 Å². The molecule has 158 valence electrons. The number of anilines is 2. The highest BCUT2D eigenvalue weighted by molar-refractivity contribution is 6.03. The number of aromatic nitrogens is 2. The molecule has 2 aliphatic carbocycles. The van der Waals surface area contributed by atoms with Crippen LogP contribution < -0.4 is 9.80 Å². The van der Waals surface area contributed by atoms with Crippen LogP contribution in [0.4, 0.5) is 16.2 Å².